The van der Waals surface area contributed by atoms with E-state index in [2.05, 4.69) is 4.57 Å². The molecule has 0 aliphatic carbocycles. The summed E-state index contributed by atoms with van der Waals surface area (Å²) in [7, 11) is 0. The molecule has 1 aliphatic heterocycles. The first-order valence-electron chi connectivity index (χ1n) is 12.0. The molecule has 5 rings (SSSR count). The van der Waals surface area contributed by atoms with Gasteiger partial charge < -0.3 is 4.57 Å². The quantitative estimate of drug-likeness (QED) is 0.118. The predicted molar refractivity (Wildman–Crippen MR) is 160 cm³/mol. The van der Waals surface area contributed by atoms with Gasteiger partial charge in [0.1, 0.15) is 0 Å². The first-order chi connectivity index (χ1) is 19.1. The average Bonchev–Trinajstić information content (AvgIpc) is 3.35. The zero-order valence-corrected chi connectivity index (χ0v) is 24.4. The number of carbonyl (C=O) groups excluding carboxylic acids is 2. The first kappa shape index (κ1) is 28.0. The minimum atomic E-state index is -0.416. The third-order valence-electron chi connectivity index (χ3n) is 6.39. The molecule has 1 aliphatic rings. The Bertz CT molecular complexity index is 1660. The summed E-state index contributed by atoms with van der Waals surface area (Å²) < 4.78 is 2.08. The van der Waals surface area contributed by atoms with Gasteiger partial charge in [0.15, 0.2) is 0 Å². The van der Waals surface area contributed by atoms with E-state index >= 15 is 0 Å². The van der Waals surface area contributed by atoms with Crippen LogP contribution in [0.15, 0.2) is 87.5 Å². The van der Waals surface area contributed by atoms with E-state index in [0.29, 0.717) is 20.5 Å². The fourth-order valence-corrected chi connectivity index (χ4v) is 6.55. The lowest BCUT2D eigenvalue weighted by Crippen LogP contribution is -2.27. The van der Waals surface area contributed by atoms with Crippen molar-refractivity contribution < 1.29 is 14.5 Å². The van der Waals surface area contributed by atoms with Crippen molar-refractivity contribution in [3.8, 4) is 5.69 Å². The molecule has 202 valence electrons. The van der Waals surface area contributed by atoms with Gasteiger partial charge in [-0.05, 0) is 91.8 Å². The number of nitro benzene ring substituents is 1. The van der Waals surface area contributed by atoms with E-state index in [1.807, 2.05) is 44.2 Å². The van der Waals surface area contributed by atoms with Crippen molar-refractivity contribution in [1.82, 2.24) is 9.47 Å². The number of thioether (sulfide) groups is 1. The molecule has 1 aromatic heterocycles. The number of hydrogen-bond acceptors (Lipinski definition) is 6. The Morgan fingerprint density at radius 3 is 2.15 bits per heavy atom. The van der Waals surface area contributed by atoms with Crippen molar-refractivity contribution in [2.45, 2.75) is 30.2 Å². The minimum absolute atomic E-state index is 0.00374. The van der Waals surface area contributed by atoms with E-state index in [1.54, 1.807) is 36.4 Å². The smallest absolute Gasteiger partial charge is 0.293 e. The molecule has 0 bridgehead atoms. The summed E-state index contributed by atoms with van der Waals surface area (Å²) >= 11 is 14.9. The first-order valence-corrected chi connectivity index (χ1v) is 14.4. The van der Waals surface area contributed by atoms with Gasteiger partial charge in [-0.3, -0.25) is 24.6 Å². The Kier molecular flexibility index (Phi) is 8.09. The third-order valence-corrected chi connectivity index (χ3v) is 9.02. The molecule has 1 saturated heterocycles. The van der Waals surface area contributed by atoms with Gasteiger partial charge in [-0.25, -0.2) is 0 Å². The maximum absolute atomic E-state index is 13.1. The Morgan fingerprint density at radius 1 is 0.950 bits per heavy atom. The molecule has 2 heterocycles. The SMILES string of the molecule is Cc1cc(/C=C2\SC(=O)N(Cc3c(Cl)cccc3Cl)C2=O)c(C)n1-c1ccc(Sc2ccc([N+](=O)[O-])cc2)cc1. The second-order valence-corrected chi connectivity index (χ2v) is 11.9. The van der Waals surface area contributed by atoms with Crippen LogP contribution in [-0.4, -0.2) is 25.5 Å². The van der Waals surface area contributed by atoms with Gasteiger partial charge in [0.2, 0.25) is 0 Å². The number of nitro groups is 1. The van der Waals surface area contributed by atoms with Crippen LogP contribution in [-0.2, 0) is 11.3 Å². The fraction of sp³-hybridized carbons (Fsp3) is 0.103. The molecule has 40 heavy (non-hydrogen) atoms. The highest BCUT2D eigenvalue weighted by atomic mass is 35.5. The number of aryl methyl sites for hydroxylation is 1. The molecular formula is C29H21Cl2N3O4S2. The number of rotatable bonds is 7. The zero-order chi connectivity index (χ0) is 28.6. The molecule has 0 saturated carbocycles. The highest BCUT2D eigenvalue weighted by molar-refractivity contribution is 8.18. The van der Waals surface area contributed by atoms with Crippen LogP contribution in [0.5, 0.6) is 0 Å². The van der Waals surface area contributed by atoms with Crippen molar-refractivity contribution in [2.75, 3.05) is 0 Å². The molecule has 0 N–H and O–H groups in total. The van der Waals surface area contributed by atoms with Crippen LogP contribution in [0.4, 0.5) is 10.5 Å². The van der Waals surface area contributed by atoms with Gasteiger partial charge in [0.05, 0.1) is 16.4 Å². The maximum atomic E-state index is 13.1. The molecule has 3 aromatic carbocycles. The molecule has 0 spiro atoms. The summed E-state index contributed by atoms with van der Waals surface area (Å²) in [6.07, 6.45) is 1.75. The fourth-order valence-electron chi connectivity index (χ4n) is 4.39. The summed E-state index contributed by atoms with van der Waals surface area (Å²) in [6, 6.07) is 21.5. The number of imide groups is 1. The molecule has 7 nitrogen and oxygen atoms in total. The molecule has 1 fully saturated rings. The van der Waals surface area contributed by atoms with Gasteiger partial charge in [-0.2, -0.15) is 0 Å². The predicted octanol–water partition coefficient (Wildman–Crippen LogP) is 8.70. The largest absolute Gasteiger partial charge is 0.318 e. The van der Waals surface area contributed by atoms with Gasteiger partial charge >= 0.3 is 0 Å². The number of halogens is 2. The van der Waals surface area contributed by atoms with E-state index in [1.165, 1.54) is 23.9 Å². The molecular weight excluding hydrogens is 589 g/mol. The second kappa shape index (κ2) is 11.5. The van der Waals surface area contributed by atoms with E-state index in [4.69, 9.17) is 23.2 Å². The number of nitrogens with zero attached hydrogens (tertiary/aromatic N) is 3. The Hall–Kier alpha value is -3.50. The van der Waals surface area contributed by atoms with Crippen LogP contribution in [0.25, 0.3) is 11.8 Å². The summed E-state index contributed by atoms with van der Waals surface area (Å²) in [4.78, 5) is 39.7. The topological polar surface area (TPSA) is 85.5 Å². The van der Waals surface area contributed by atoms with Gasteiger partial charge in [0, 0.05) is 54.6 Å². The molecule has 0 unspecified atom stereocenters. The van der Waals surface area contributed by atoms with E-state index in [-0.39, 0.29) is 23.4 Å². The van der Waals surface area contributed by atoms with Crippen LogP contribution >= 0.6 is 46.7 Å². The van der Waals surface area contributed by atoms with Crippen molar-refractivity contribution >= 4 is 69.6 Å². The summed E-state index contributed by atoms with van der Waals surface area (Å²) in [5.41, 5.74) is 4.27. The summed E-state index contributed by atoms with van der Waals surface area (Å²) in [5.74, 6) is -0.386. The molecule has 0 atom stereocenters. The average molecular weight is 611 g/mol. The van der Waals surface area contributed by atoms with E-state index in [9.17, 15) is 19.7 Å². The van der Waals surface area contributed by atoms with Gasteiger partial charge in [-0.1, -0.05) is 41.0 Å². The van der Waals surface area contributed by atoms with Crippen LogP contribution < -0.4 is 0 Å². The van der Waals surface area contributed by atoms with Crippen molar-refractivity contribution in [3.05, 3.63) is 120 Å². The Morgan fingerprint density at radius 2 is 1.55 bits per heavy atom. The lowest BCUT2D eigenvalue weighted by molar-refractivity contribution is -0.384. The number of hydrogen-bond donors (Lipinski definition) is 0. The normalized spacial score (nSPS) is 14.4. The van der Waals surface area contributed by atoms with Crippen LogP contribution in [0, 0.1) is 24.0 Å². The molecule has 11 heteroatoms. The van der Waals surface area contributed by atoms with Crippen LogP contribution in [0.2, 0.25) is 10.0 Å². The maximum Gasteiger partial charge on any atom is 0.293 e. The Labute approximate surface area is 248 Å². The lowest BCUT2D eigenvalue weighted by Gasteiger charge is -2.14. The van der Waals surface area contributed by atoms with E-state index < -0.39 is 4.92 Å². The number of carbonyl (C=O) groups is 2. The number of amides is 2. The van der Waals surface area contributed by atoms with Gasteiger partial charge in [-0.15, -0.1) is 0 Å². The minimum Gasteiger partial charge on any atom is -0.318 e. The van der Waals surface area contributed by atoms with E-state index in [0.717, 1.165) is 49.1 Å². The van der Waals surface area contributed by atoms with Crippen LogP contribution in [0.3, 0.4) is 0 Å². The number of benzene rings is 3. The highest BCUT2D eigenvalue weighted by Crippen LogP contribution is 2.37. The van der Waals surface area contributed by atoms with Crippen LogP contribution in [0.1, 0.15) is 22.5 Å². The monoisotopic (exact) mass is 609 g/mol. The highest BCUT2D eigenvalue weighted by Gasteiger charge is 2.36. The van der Waals surface area contributed by atoms with Crippen molar-refractivity contribution in [3.63, 3.8) is 0 Å². The second-order valence-electron chi connectivity index (χ2n) is 8.98. The summed E-state index contributed by atoms with van der Waals surface area (Å²) in [5, 5.41) is 11.3. The lowest BCUT2D eigenvalue weighted by atomic mass is 10.2. The number of aromatic nitrogens is 1. The third kappa shape index (κ3) is 5.69. The molecule has 4 aromatic rings. The zero-order valence-electron chi connectivity index (χ0n) is 21.3. The molecule has 2 amide bonds. The van der Waals surface area contributed by atoms with Gasteiger partial charge in [0.25, 0.3) is 16.8 Å². The van der Waals surface area contributed by atoms with Crippen molar-refractivity contribution in [1.29, 1.82) is 0 Å². The standard InChI is InChI=1S/C29H21Cl2N3O4S2/c1-17-14-19(15-27-28(35)32(29(36)40-27)16-24-25(30)4-3-5-26(24)31)18(2)33(17)20-6-10-22(11-7-20)39-23-12-8-21(9-13-23)34(37)38/h3-15H,16H2,1-2H3/b27-15-. The molecule has 0 radical (unpaired) electrons. The van der Waals surface area contributed by atoms with Crippen molar-refractivity contribution in [2.24, 2.45) is 0 Å². The number of non-ortho nitro benzene ring substituents is 1. The Balaban J connectivity index is 1.35. The summed E-state index contributed by atoms with van der Waals surface area (Å²) in [6.45, 7) is 3.95.